The highest BCUT2D eigenvalue weighted by Gasteiger charge is 2.21. The SMILES string of the molecule is CCc1ccnc(N2CCc3[nH]c4cc(F)ccc4c3C2)c1. The molecule has 1 N–H and O–H groups in total. The highest BCUT2D eigenvalue weighted by atomic mass is 19.1. The highest BCUT2D eigenvalue weighted by molar-refractivity contribution is 5.85. The molecule has 0 saturated carbocycles. The number of halogens is 1. The first-order valence-electron chi connectivity index (χ1n) is 7.73. The van der Waals surface area contributed by atoms with Crippen molar-refractivity contribution in [2.75, 3.05) is 11.4 Å². The molecular formula is C18H18FN3. The number of H-pyrrole nitrogens is 1. The second-order valence-corrected chi connectivity index (χ2v) is 5.82. The van der Waals surface area contributed by atoms with E-state index in [1.807, 2.05) is 12.3 Å². The van der Waals surface area contributed by atoms with E-state index in [1.165, 1.54) is 22.9 Å². The molecule has 3 heterocycles. The van der Waals surface area contributed by atoms with Crippen molar-refractivity contribution in [3.8, 4) is 0 Å². The van der Waals surface area contributed by atoms with Crippen LogP contribution in [-0.2, 0) is 19.4 Å². The highest BCUT2D eigenvalue weighted by Crippen LogP contribution is 2.30. The number of fused-ring (bicyclic) bond motifs is 3. The van der Waals surface area contributed by atoms with E-state index in [2.05, 4.69) is 33.9 Å². The van der Waals surface area contributed by atoms with E-state index in [0.29, 0.717) is 0 Å². The summed E-state index contributed by atoms with van der Waals surface area (Å²) in [6.07, 6.45) is 3.83. The standard InChI is InChI=1S/C18H18FN3/c1-2-12-5-7-20-18(9-12)22-8-6-16-15(11-22)14-4-3-13(19)10-17(14)21-16/h3-5,7,9-10,21H,2,6,8,11H2,1H3. The van der Waals surface area contributed by atoms with E-state index in [9.17, 15) is 4.39 Å². The van der Waals surface area contributed by atoms with Crippen LogP contribution in [0.15, 0.2) is 36.5 Å². The molecule has 0 radical (unpaired) electrons. The molecule has 1 aliphatic heterocycles. The largest absolute Gasteiger partial charge is 0.358 e. The Morgan fingerprint density at radius 3 is 3.05 bits per heavy atom. The number of nitrogens with zero attached hydrogens (tertiary/aromatic N) is 2. The zero-order valence-electron chi connectivity index (χ0n) is 12.6. The summed E-state index contributed by atoms with van der Waals surface area (Å²) in [6.45, 7) is 3.91. The van der Waals surface area contributed by atoms with E-state index in [-0.39, 0.29) is 5.82 Å². The Kier molecular flexibility index (Phi) is 3.10. The molecule has 3 nitrogen and oxygen atoms in total. The number of aryl methyl sites for hydroxylation is 1. The normalized spacial score (nSPS) is 14.4. The first kappa shape index (κ1) is 13.3. The number of nitrogens with one attached hydrogen (secondary N) is 1. The lowest BCUT2D eigenvalue weighted by molar-refractivity contribution is 0.629. The van der Waals surface area contributed by atoms with Crippen LogP contribution in [-0.4, -0.2) is 16.5 Å². The van der Waals surface area contributed by atoms with Gasteiger partial charge in [-0.25, -0.2) is 9.37 Å². The van der Waals surface area contributed by atoms with Crippen molar-refractivity contribution in [1.29, 1.82) is 0 Å². The molecule has 112 valence electrons. The maximum atomic E-state index is 13.4. The van der Waals surface area contributed by atoms with E-state index >= 15 is 0 Å². The van der Waals surface area contributed by atoms with Crippen LogP contribution in [0.5, 0.6) is 0 Å². The quantitative estimate of drug-likeness (QED) is 0.779. The second-order valence-electron chi connectivity index (χ2n) is 5.82. The average Bonchev–Trinajstić information content (AvgIpc) is 2.91. The summed E-state index contributed by atoms with van der Waals surface area (Å²) in [5.41, 5.74) is 4.69. The summed E-state index contributed by atoms with van der Waals surface area (Å²) in [5, 5.41) is 1.12. The molecule has 1 aliphatic rings. The van der Waals surface area contributed by atoms with Gasteiger partial charge in [-0.15, -0.1) is 0 Å². The molecular weight excluding hydrogens is 277 g/mol. The fourth-order valence-corrected chi connectivity index (χ4v) is 3.24. The van der Waals surface area contributed by atoms with Crippen LogP contribution in [0, 0.1) is 5.82 Å². The summed E-state index contributed by atoms with van der Waals surface area (Å²) >= 11 is 0. The topological polar surface area (TPSA) is 31.9 Å². The fourth-order valence-electron chi connectivity index (χ4n) is 3.24. The summed E-state index contributed by atoms with van der Waals surface area (Å²) in [7, 11) is 0. The smallest absolute Gasteiger partial charge is 0.129 e. The Balaban J connectivity index is 1.72. The molecule has 0 aliphatic carbocycles. The molecule has 22 heavy (non-hydrogen) atoms. The maximum absolute atomic E-state index is 13.4. The average molecular weight is 295 g/mol. The van der Waals surface area contributed by atoms with Crippen LogP contribution < -0.4 is 4.90 Å². The van der Waals surface area contributed by atoms with E-state index in [1.54, 1.807) is 6.07 Å². The van der Waals surface area contributed by atoms with Gasteiger partial charge >= 0.3 is 0 Å². The van der Waals surface area contributed by atoms with E-state index in [0.717, 1.165) is 42.7 Å². The van der Waals surface area contributed by atoms with Gasteiger partial charge in [-0.3, -0.25) is 0 Å². The third kappa shape index (κ3) is 2.15. The van der Waals surface area contributed by atoms with Crippen LogP contribution in [0.2, 0.25) is 0 Å². The molecule has 4 rings (SSSR count). The van der Waals surface area contributed by atoms with E-state index < -0.39 is 0 Å². The third-order valence-electron chi connectivity index (χ3n) is 4.48. The molecule has 2 aromatic heterocycles. The number of rotatable bonds is 2. The van der Waals surface area contributed by atoms with Crippen LogP contribution in [0.4, 0.5) is 10.2 Å². The van der Waals surface area contributed by atoms with E-state index in [4.69, 9.17) is 0 Å². The summed E-state index contributed by atoms with van der Waals surface area (Å²) in [4.78, 5) is 10.2. The van der Waals surface area contributed by atoms with Crippen LogP contribution in [0.1, 0.15) is 23.7 Å². The third-order valence-corrected chi connectivity index (χ3v) is 4.48. The summed E-state index contributed by atoms with van der Waals surface area (Å²) < 4.78 is 13.4. The minimum atomic E-state index is -0.194. The molecule has 3 aromatic rings. The fraction of sp³-hybridized carbons (Fsp3) is 0.278. The molecule has 0 spiro atoms. The lowest BCUT2D eigenvalue weighted by Gasteiger charge is -2.28. The van der Waals surface area contributed by atoms with Gasteiger partial charge in [0.2, 0.25) is 0 Å². The van der Waals surface area contributed by atoms with Crippen LogP contribution >= 0.6 is 0 Å². The molecule has 0 saturated heterocycles. The number of hydrogen-bond donors (Lipinski definition) is 1. The monoisotopic (exact) mass is 295 g/mol. The first-order valence-corrected chi connectivity index (χ1v) is 7.73. The molecule has 0 bridgehead atoms. The summed E-state index contributed by atoms with van der Waals surface area (Å²) in [5.74, 6) is 0.835. The van der Waals surface area contributed by atoms with Crippen molar-refractivity contribution in [2.45, 2.75) is 26.3 Å². The van der Waals surface area contributed by atoms with Crippen molar-refractivity contribution in [2.24, 2.45) is 0 Å². The van der Waals surface area contributed by atoms with Gasteiger partial charge in [-0.1, -0.05) is 6.92 Å². The van der Waals surface area contributed by atoms with Gasteiger partial charge in [-0.05, 0) is 42.3 Å². The Bertz CT molecular complexity index is 837. The van der Waals surface area contributed by atoms with Gasteiger partial charge in [0.1, 0.15) is 11.6 Å². The van der Waals surface area contributed by atoms with Gasteiger partial charge in [-0.2, -0.15) is 0 Å². The molecule has 0 unspecified atom stereocenters. The predicted octanol–water partition coefficient (Wildman–Crippen LogP) is 3.83. The lowest BCUT2D eigenvalue weighted by atomic mass is 10.0. The Hall–Kier alpha value is -2.36. The molecule has 4 heteroatoms. The van der Waals surface area contributed by atoms with Gasteiger partial charge in [0.05, 0.1) is 0 Å². The molecule has 0 atom stereocenters. The minimum Gasteiger partial charge on any atom is -0.358 e. The molecule has 0 amide bonds. The number of anilines is 1. The van der Waals surface area contributed by atoms with Gasteiger partial charge in [0, 0.05) is 47.9 Å². The maximum Gasteiger partial charge on any atom is 0.129 e. The zero-order chi connectivity index (χ0) is 15.1. The van der Waals surface area contributed by atoms with Crippen molar-refractivity contribution in [3.63, 3.8) is 0 Å². The number of aromatic amines is 1. The predicted molar refractivity (Wildman–Crippen MR) is 86.6 cm³/mol. The van der Waals surface area contributed by atoms with Gasteiger partial charge in [0.25, 0.3) is 0 Å². The Labute approximate surface area is 128 Å². The van der Waals surface area contributed by atoms with Gasteiger partial charge < -0.3 is 9.88 Å². The van der Waals surface area contributed by atoms with Crippen molar-refractivity contribution >= 4 is 16.7 Å². The van der Waals surface area contributed by atoms with Gasteiger partial charge in [0.15, 0.2) is 0 Å². The number of aromatic nitrogens is 2. The Morgan fingerprint density at radius 2 is 2.18 bits per heavy atom. The lowest BCUT2D eigenvalue weighted by Crippen LogP contribution is -2.30. The second kappa shape index (κ2) is 5.13. The minimum absolute atomic E-state index is 0.194. The van der Waals surface area contributed by atoms with Crippen molar-refractivity contribution in [1.82, 2.24) is 9.97 Å². The van der Waals surface area contributed by atoms with Crippen molar-refractivity contribution in [3.05, 3.63) is 59.2 Å². The molecule has 1 aromatic carbocycles. The number of pyridine rings is 1. The van der Waals surface area contributed by atoms with Crippen LogP contribution in [0.3, 0.4) is 0 Å². The Morgan fingerprint density at radius 1 is 1.27 bits per heavy atom. The van der Waals surface area contributed by atoms with Crippen LogP contribution in [0.25, 0.3) is 10.9 Å². The molecule has 0 fully saturated rings. The first-order chi connectivity index (χ1) is 10.7. The number of benzene rings is 1. The van der Waals surface area contributed by atoms with Crippen molar-refractivity contribution < 1.29 is 4.39 Å². The summed E-state index contributed by atoms with van der Waals surface area (Å²) in [6, 6.07) is 9.21. The number of hydrogen-bond acceptors (Lipinski definition) is 2. The zero-order valence-corrected chi connectivity index (χ0v) is 12.6.